The second kappa shape index (κ2) is 4.24. The summed E-state index contributed by atoms with van der Waals surface area (Å²) in [4.78, 5) is 0. The first-order chi connectivity index (χ1) is 7.70. The molecule has 0 unspecified atom stereocenters. The molecule has 0 nitrogen and oxygen atoms in total. The smallest absolute Gasteiger partial charge is 0.0251 e. The normalized spacial score (nSPS) is 9.81. The number of aryl methyl sites for hydroxylation is 2. The van der Waals surface area contributed by atoms with Gasteiger partial charge in [0.2, 0.25) is 0 Å². The monoisotopic (exact) mass is 206 g/mol. The highest BCUT2D eigenvalue weighted by Crippen LogP contribution is 2.25. The summed E-state index contributed by atoms with van der Waals surface area (Å²) in [5, 5.41) is 0. The molecular weight excluding hydrogens is 192 g/mol. The largest absolute Gasteiger partial charge is 0.115 e. The maximum atomic E-state index is 5.45. The molecule has 16 heavy (non-hydrogen) atoms. The molecule has 78 valence electrons. The lowest BCUT2D eigenvalue weighted by atomic mass is 9.97. The topological polar surface area (TPSA) is 0 Å². The third-order valence-electron chi connectivity index (χ3n) is 2.70. The standard InChI is InChI=1S/C16H14/c1-4-14-9-12(2)10-15(11-14)16-8-6-5-7-13(16)3/h1,5-11H,2-3H3. The Balaban J connectivity index is 2.61. The molecule has 0 amide bonds. The molecule has 0 aliphatic carbocycles. The highest BCUT2D eigenvalue weighted by molar-refractivity contribution is 5.69. The van der Waals surface area contributed by atoms with E-state index in [-0.39, 0.29) is 0 Å². The van der Waals surface area contributed by atoms with E-state index in [2.05, 4.69) is 56.2 Å². The molecule has 0 saturated heterocycles. The lowest BCUT2D eigenvalue weighted by molar-refractivity contribution is 1.41. The predicted molar refractivity (Wildman–Crippen MR) is 69.3 cm³/mol. The van der Waals surface area contributed by atoms with Crippen molar-refractivity contribution in [3.05, 3.63) is 59.2 Å². The van der Waals surface area contributed by atoms with Crippen LogP contribution in [-0.2, 0) is 0 Å². The summed E-state index contributed by atoms with van der Waals surface area (Å²) < 4.78 is 0. The molecule has 0 aliphatic rings. The molecule has 0 heterocycles. The minimum atomic E-state index is 0.943. The number of rotatable bonds is 1. The van der Waals surface area contributed by atoms with Crippen LogP contribution in [0.15, 0.2) is 42.5 Å². The zero-order valence-corrected chi connectivity index (χ0v) is 9.62. The zero-order valence-electron chi connectivity index (χ0n) is 9.62. The van der Waals surface area contributed by atoms with Gasteiger partial charge in [-0.05, 0) is 48.2 Å². The predicted octanol–water partition coefficient (Wildman–Crippen LogP) is 3.95. The molecule has 0 aliphatic heterocycles. The molecule has 2 rings (SSSR count). The summed E-state index contributed by atoms with van der Waals surface area (Å²) in [6.45, 7) is 4.19. The molecule has 0 atom stereocenters. The van der Waals surface area contributed by atoms with Crippen molar-refractivity contribution < 1.29 is 0 Å². The van der Waals surface area contributed by atoms with Crippen LogP contribution in [0.1, 0.15) is 16.7 Å². The van der Waals surface area contributed by atoms with Gasteiger partial charge in [0.25, 0.3) is 0 Å². The molecule has 0 saturated carbocycles. The average molecular weight is 206 g/mol. The highest BCUT2D eigenvalue weighted by Gasteiger charge is 2.02. The molecule has 0 radical (unpaired) electrons. The maximum absolute atomic E-state index is 5.45. The third-order valence-corrected chi connectivity index (χ3v) is 2.70. The second-order valence-electron chi connectivity index (χ2n) is 4.05. The fourth-order valence-corrected chi connectivity index (χ4v) is 1.92. The van der Waals surface area contributed by atoms with Crippen LogP contribution in [0.25, 0.3) is 11.1 Å². The van der Waals surface area contributed by atoms with Crippen LogP contribution in [0.2, 0.25) is 0 Å². The first kappa shape index (κ1) is 10.5. The Kier molecular flexibility index (Phi) is 2.79. The molecule has 2 aromatic carbocycles. The molecule has 0 N–H and O–H groups in total. The molecule has 0 fully saturated rings. The van der Waals surface area contributed by atoms with Crippen LogP contribution < -0.4 is 0 Å². The highest BCUT2D eigenvalue weighted by atomic mass is 14.1. The van der Waals surface area contributed by atoms with E-state index in [4.69, 9.17) is 6.42 Å². The van der Waals surface area contributed by atoms with Crippen molar-refractivity contribution in [2.45, 2.75) is 13.8 Å². The first-order valence-electron chi connectivity index (χ1n) is 5.35. The van der Waals surface area contributed by atoms with Crippen molar-refractivity contribution in [3.63, 3.8) is 0 Å². The van der Waals surface area contributed by atoms with Gasteiger partial charge in [-0.15, -0.1) is 6.42 Å². The van der Waals surface area contributed by atoms with Gasteiger partial charge in [-0.3, -0.25) is 0 Å². The fraction of sp³-hybridized carbons (Fsp3) is 0.125. The Hall–Kier alpha value is -2.00. The van der Waals surface area contributed by atoms with Gasteiger partial charge in [0.1, 0.15) is 0 Å². The van der Waals surface area contributed by atoms with E-state index in [0.29, 0.717) is 0 Å². The SMILES string of the molecule is C#Cc1cc(C)cc(-c2ccccc2C)c1. The summed E-state index contributed by atoms with van der Waals surface area (Å²) >= 11 is 0. The maximum Gasteiger partial charge on any atom is 0.0251 e. The minimum Gasteiger partial charge on any atom is -0.115 e. The van der Waals surface area contributed by atoms with Gasteiger partial charge < -0.3 is 0 Å². The third kappa shape index (κ3) is 1.99. The summed E-state index contributed by atoms with van der Waals surface area (Å²) in [5.41, 5.74) is 5.87. The van der Waals surface area contributed by atoms with Crippen molar-refractivity contribution >= 4 is 0 Å². The van der Waals surface area contributed by atoms with Crippen molar-refractivity contribution in [2.24, 2.45) is 0 Å². The van der Waals surface area contributed by atoms with Gasteiger partial charge in [-0.2, -0.15) is 0 Å². The van der Waals surface area contributed by atoms with E-state index in [9.17, 15) is 0 Å². The Labute approximate surface area is 96.9 Å². The van der Waals surface area contributed by atoms with Gasteiger partial charge in [0, 0.05) is 5.56 Å². The van der Waals surface area contributed by atoms with E-state index in [1.165, 1.54) is 22.3 Å². The molecule has 0 aromatic heterocycles. The quantitative estimate of drug-likeness (QED) is 0.620. The average Bonchev–Trinajstić information content (AvgIpc) is 2.28. The van der Waals surface area contributed by atoms with Crippen molar-refractivity contribution in [3.8, 4) is 23.5 Å². The van der Waals surface area contributed by atoms with E-state index < -0.39 is 0 Å². The van der Waals surface area contributed by atoms with Crippen LogP contribution in [0.5, 0.6) is 0 Å². The fourth-order valence-electron chi connectivity index (χ4n) is 1.92. The molecule has 0 heteroatoms. The van der Waals surface area contributed by atoms with E-state index in [1.54, 1.807) is 0 Å². The number of hydrogen-bond acceptors (Lipinski definition) is 0. The van der Waals surface area contributed by atoms with Crippen molar-refractivity contribution in [2.75, 3.05) is 0 Å². The Morgan fingerprint density at radius 2 is 1.75 bits per heavy atom. The Morgan fingerprint density at radius 1 is 1.00 bits per heavy atom. The van der Waals surface area contributed by atoms with Gasteiger partial charge in [-0.1, -0.05) is 36.3 Å². The van der Waals surface area contributed by atoms with Crippen molar-refractivity contribution in [1.29, 1.82) is 0 Å². The Morgan fingerprint density at radius 3 is 2.44 bits per heavy atom. The molecular formula is C16H14. The van der Waals surface area contributed by atoms with Crippen molar-refractivity contribution in [1.82, 2.24) is 0 Å². The summed E-state index contributed by atoms with van der Waals surface area (Å²) in [6.07, 6.45) is 5.45. The number of terminal acetylenes is 1. The minimum absolute atomic E-state index is 0.943. The van der Waals surface area contributed by atoms with Gasteiger partial charge in [0.05, 0.1) is 0 Å². The van der Waals surface area contributed by atoms with Crippen LogP contribution in [0, 0.1) is 26.2 Å². The summed E-state index contributed by atoms with van der Waals surface area (Å²) in [6, 6.07) is 14.6. The Bertz CT molecular complexity index is 556. The number of benzene rings is 2. The summed E-state index contributed by atoms with van der Waals surface area (Å²) in [5.74, 6) is 2.70. The van der Waals surface area contributed by atoms with E-state index in [0.717, 1.165) is 5.56 Å². The van der Waals surface area contributed by atoms with Crippen LogP contribution >= 0.6 is 0 Å². The molecule has 0 spiro atoms. The van der Waals surface area contributed by atoms with Crippen LogP contribution in [-0.4, -0.2) is 0 Å². The lowest BCUT2D eigenvalue weighted by Crippen LogP contribution is -1.86. The summed E-state index contributed by atoms with van der Waals surface area (Å²) in [7, 11) is 0. The zero-order chi connectivity index (χ0) is 11.5. The van der Waals surface area contributed by atoms with Crippen LogP contribution in [0.3, 0.4) is 0 Å². The van der Waals surface area contributed by atoms with Gasteiger partial charge in [-0.25, -0.2) is 0 Å². The number of hydrogen-bond donors (Lipinski definition) is 0. The molecule has 2 aromatic rings. The van der Waals surface area contributed by atoms with Gasteiger partial charge >= 0.3 is 0 Å². The lowest BCUT2D eigenvalue weighted by Gasteiger charge is -2.07. The van der Waals surface area contributed by atoms with E-state index >= 15 is 0 Å². The first-order valence-corrected chi connectivity index (χ1v) is 5.35. The molecule has 0 bridgehead atoms. The second-order valence-corrected chi connectivity index (χ2v) is 4.05. The van der Waals surface area contributed by atoms with Gasteiger partial charge in [0.15, 0.2) is 0 Å². The van der Waals surface area contributed by atoms with Crippen LogP contribution in [0.4, 0.5) is 0 Å². The van der Waals surface area contributed by atoms with E-state index in [1.807, 2.05) is 6.07 Å².